The SMILES string of the molecule is Nc1cc(Cl)cc(-c2nnnn2C2CCCCCCC2)c1. The molecule has 2 aromatic rings. The molecule has 21 heavy (non-hydrogen) atoms. The molecular formula is C15H20ClN5. The van der Waals surface area contributed by atoms with E-state index in [0.717, 1.165) is 24.2 Å². The van der Waals surface area contributed by atoms with Crippen LogP contribution >= 0.6 is 11.6 Å². The topological polar surface area (TPSA) is 69.6 Å². The predicted molar refractivity (Wildman–Crippen MR) is 84.0 cm³/mol. The van der Waals surface area contributed by atoms with Crippen LogP contribution in [0.2, 0.25) is 5.02 Å². The molecule has 5 nitrogen and oxygen atoms in total. The van der Waals surface area contributed by atoms with Gasteiger partial charge in [0.15, 0.2) is 5.82 Å². The van der Waals surface area contributed by atoms with Crippen molar-refractivity contribution in [2.24, 2.45) is 0 Å². The summed E-state index contributed by atoms with van der Waals surface area (Å²) in [5.41, 5.74) is 7.39. The van der Waals surface area contributed by atoms with Crippen LogP contribution in [0.3, 0.4) is 0 Å². The minimum Gasteiger partial charge on any atom is -0.399 e. The number of nitrogen functional groups attached to an aromatic ring is 1. The molecule has 0 aliphatic heterocycles. The van der Waals surface area contributed by atoms with Crippen LogP contribution in [0.5, 0.6) is 0 Å². The monoisotopic (exact) mass is 305 g/mol. The molecule has 1 aliphatic rings. The molecule has 0 amide bonds. The Bertz CT molecular complexity index is 582. The number of hydrogen-bond acceptors (Lipinski definition) is 4. The first-order chi connectivity index (χ1) is 10.2. The number of benzene rings is 1. The molecule has 2 N–H and O–H groups in total. The number of tetrazole rings is 1. The second kappa shape index (κ2) is 6.43. The standard InChI is InChI=1S/C15H20ClN5/c16-12-8-11(9-13(17)10-12)15-18-19-20-21(15)14-6-4-2-1-3-5-7-14/h8-10,14H,1-7,17H2. The van der Waals surface area contributed by atoms with E-state index in [-0.39, 0.29) is 0 Å². The van der Waals surface area contributed by atoms with Crippen molar-refractivity contribution < 1.29 is 0 Å². The van der Waals surface area contributed by atoms with Gasteiger partial charge >= 0.3 is 0 Å². The van der Waals surface area contributed by atoms with Gasteiger partial charge in [0.1, 0.15) is 0 Å². The van der Waals surface area contributed by atoms with Crippen LogP contribution in [0.15, 0.2) is 18.2 Å². The number of halogens is 1. The maximum absolute atomic E-state index is 6.09. The largest absolute Gasteiger partial charge is 0.399 e. The van der Waals surface area contributed by atoms with Crippen LogP contribution in [0.1, 0.15) is 51.0 Å². The van der Waals surface area contributed by atoms with E-state index in [4.69, 9.17) is 17.3 Å². The fraction of sp³-hybridized carbons (Fsp3) is 0.533. The van der Waals surface area contributed by atoms with Crippen LogP contribution in [-0.2, 0) is 0 Å². The minimum atomic E-state index is 0.371. The van der Waals surface area contributed by atoms with Crippen LogP contribution < -0.4 is 5.73 Å². The Morgan fingerprint density at radius 3 is 2.48 bits per heavy atom. The molecule has 0 bridgehead atoms. The molecule has 1 saturated carbocycles. The quantitative estimate of drug-likeness (QED) is 0.855. The highest BCUT2D eigenvalue weighted by molar-refractivity contribution is 6.31. The summed E-state index contributed by atoms with van der Waals surface area (Å²) in [6.45, 7) is 0. The molecule has 1 fully saturated rings. The summed E-state index contributed by atoms with van der Waals surface area (Å²) in [4.78, 5) is 0. The summed E-state index contributed by atoms with van der Waals surface area (Å²) in [7, 11) is 0. The maximum Gasteiger partial charge on any atom is 0.182 e. The van der Waals surface area contributed by atoms with Gasteiger partial charge in [0.2, 0.25) is 0 Å². The lowest BCUT2D eigenvalue weighted by atomic mass is 9.96. The number of hydrogen-bond donors (Lipinski definition) is 1. The van der Waals surface area contributed by atoms with Crippen molar-refractivity contribution in [3.63, 3.8) is 0 Å². The van der Waals surface area contributed by atoms with Gasteiger partial charge in [-0.1, -0.05) is 43.7 Å². The van der Waals surface area contributed by atoms with E-state index < -0.39 is 0 Å². The molecule has 0 unspecified atom stereocenters. The van der Waals surface area contributed by atoms with Gasteiger partial charge in [0, 0.05) is 16.3 Å². The molecule has 0 saturated heterocycles. The summed E-state index contributed by atoms with van der Waals surface area (Å²) in [6, 6.07) is 5.84. The summed E-state index contributed by atoms with van der Waals surface area (Å²) >= 11 is 6.09. The van der Waals surface area contributed by atoms with Gasteiger partial charge in [-0.3, -0.25) is 0 Å². The van der Waals surface area contributed by atoms with Gasteiger partial charge in [0.25, 0.3) is 0 Å². The van der Waals surface area contributed by atoms with Crippen molar-refractivity contribution in [1.29, 1.82) is 0 Å². The zero-order valence-electron chi connectivity index (χ0n) is 12.0. The summed E-state index contributed by atoms with van der Waals surface area (Å²) in [5.74, 6) is 0.759. The van der Waals surface area contributed by atoms with Crippen LogP contribution in [0.25, 0.3) is 11.4 Å². The highest BCUT2D eigenvalue weighted by atomic mass is 35.5. The lowest BCUT2D eigenvalue weighted by Crippen LogP contribution is -2.14. The highest BCUT2D eigenvalue weighted by Crippen LogP contribution is 2.30. The van der Waals surface area contributed by atoms with Gasteiger partial charge in [-0.2, -0.15) is 0 Å². The number of anilines is 1. The van der Waals surface area contributed by atoms with Gasteiger partial charge in [-0.25, -0.2) is 4.68 Å². The first-order valence-electron chi connectivity index (χ1n) is 7.58. The van der Waals surface area contributed by atoms with Crippen molar-refractivity contribution in [3.8, 4) is 11.4 Å². The lowest BCUT2D eigenvalue weighted by Gasteiger charge is -2.20. The Balaban J connectivity index is 1.92. The molecule has 1 aliphatic carbocycles. The van der Waals surface area contributed by atoms with E-state index in [2.05, 4.69) is 15.5 Å². The van der Waals surface area contributed by atoms with Gasteiger partial charge in [-0.15, -0.1) is 5.10 Å². The van der Waals surface area contributed by atoms with E-state index in [9.17, 15) is 0 Å². The first kappa shape index (κ1) is 14.3. The molecular weight excluding hydrogens is 286 g/mol. The van der Waals surface area contributed by atoms with Crippen molar-refractivity contribution in [3.05, 3.63) is 23.2 Å². The smallest absolute Gasteiger partial charge is 0.182 e. The molecule has 0 spiro atoms. The molecule has 0 radical (unpaired) electrons. The van der Waals surface area contributed by atoms with Crippen molar-refractivity contribution in [2.45, 2.75) is 51.0 Å². The van der Waals surface area contributed by atoms with Crippen LogP contribution in [-0.4, -0.2) is 20.2 Å². The molecule has 0 atom stereocenters. The highest BCUT2D eigenvalue weighted by Gasteiger charge is 2.19. The van der Waals surface area contributed by atoms with Crippen molar-refractivity contribution in [2.75, 3.05) is 5.73 Å². The summed E-state index contributed by atoms with van der Waals surface area (Å²) in [5, 5.41) is 12.9. The average Bonchev–Trinajstić information content (AvgIpc) is 2.86. The zero-order chi connectivity index (χ0) is 14.7. The van der Waals surface area contributed by atoms with Crippen molar-refractivity contribution >= 4 is 17.3 Å². The molecule has 6 heteroatoms. The zero-order valence-corrected chi connectivity index (χ0v) is 12.8. The predicted octanol–water partition coefficient (Wildman–Crippen LogP) is 3.86. The minimum absolute atomic E-state index is 0.371. The van der Waals surface area contributed by atoms with E-state index in [1.165, 1.54) is 32.1 Å². The third-order valence-electron chi connectivity index (χ3n) is 4.09. The maximum atomic E-state index is 6.09. The van der Waals surface area contributed by atoms with E-state index in [1.807, 2.05) is 16.8 Å². The number of aromatic nitrogens is 4. The third kappa shape index (κ3) is 3.35. The van der Waals surface area contributed by atoms with E-state index >= 15 is 0 Å². The Hall–Kier alpha value is -1.62. The second-order valence-electron chi connectivity index (χ2n) is 5.72. The number of nitrogens with zero attached hydrogens (tertiary/aromatic N) is 4. The van der Waals surface area contributed by atoms with Gasteiger partial charge in [0.05, 0.1) is 6.04 Å². The van der Waals surface area contributed by atoms with Crippen molar-refractivity contribution in [1.82, 2.24) is 20.2 Å². The average molecular weight is 306 g/mol. The fourth-order valence-electron chi connectivity index (χ4n) is 3.05. The Kier molecular flexibility index (Phi) is 4.39. The molecule has 3 rings (SSSR count). The Morgan fingerprint density at radius 2 is 1.76 bits per heavy atom. The normalized spacial score (nSPS) is 17.4. The van der Waals surface area contributed by atoms with Gasteiger partial charge in [-0.05, 0) is 41.5 Å². The molecule has 1 heterocycles. The molecule has 112 valence electrons. The lowest BCUT2D eigenvalue weighted by molar-refractivity contribution is 0.345. The fourth-order valence-corrected chi connectivity index (χ4v) is 3.29. The van der Waals surface area contributed by atoms with Crippen LogP contribution in [0.4, 0.5) is 5.69 Å². The summed E-state index contributed by atoms with van der Waals surface area (Å²) < 4.78 is 1.95. The Labute approximate surface area is 129 Å². The first-order valence-corrected chi connectivity index (χ1v) is 7.96. The second-order valence-corrected chi connectivity index (χ2v) is 6.16. The van der Waals surface area contributed by atoms with E-state index in [1.54, 1.807) is 6.07 Å². The molecule has 1 aromatic carbocycles. The molecule has 1 aromatic heterocycles. The number of nitrogens with two attached hydrogens (primary N) is 1. The van der Waals surface area contributed by atoms with Gasteiger partial charge < -0.3 is 5.73 Å². The third-order valence-corrected chi connectivity index (χ3v) is 4.31. The Morgan fingerprint density at radius 1 is 1.05 bits per heavy atom. The summed E-state index contributed by atoms with van der Waals surface area (Å²) in [6.07, 6.45) is 8.70. The van der Waals surface area contributed by atoms with Crippen LogP contribution in [0, 0.1) is 0 Å². The van der Waals surface area contributed by atoms with E-state index in [0.29, 0.717) is 16.8 Å². The number of rotatable bonds is 2.